The van der Waals surface area contributed by atoms with E-state index in [2.05, 4.69) is 5.32 Å². The molecule has 0 bridgehead atoms. The second-order valence-corrected chi connectivity index (χ2v) is 9.77. The molecule has 0 radical (unpaired) electrons. The van der Waals surface area contributed by atoms with E-state index in [1.807, 2.05) is 19.9 Å². The van der Waals surface area contributed by atoms with Crippen molar-refractivity contribution >= 4 is 39.1 Å². The highest BCUT2D eigenvalue weighted by Crippen LogP contribution is 2.25. The third-order valence-electron chi connectivity index (χ3n) is 5.18. The van der Waals surface area contributed by atoms with Crippen LogP contribution in [0, 0.1) is 13.8 Å². The smallest absolute Gasteiger partial charge is 0.244 e. The summed E-state index contributed by atoms with van der Waals surface area (Å²) in [4.78, 5) is 27.0. The molecule has 1 atom stereocenters. The van der Waals surface area contributed by atoms with Crippen molar-refractivity contribution in [3.8, 4) is 0 Å². The van der Waals surface area contributed by atoms with Crippen LogP contribution in [-0.2, 0) is 26.2 Å². The Labute approximate surface area is 189 Å². The van der Waals surface area contributed by atoms with Crippen LogP contribution in [0.25, 0.3) is 0 Å². The summed E-state index contributed by atoms with van der Waals surface area (Å²) in [6.07, 6.45) is 1.06. The largest absolute Gasteiger partial charge is 0.357 e. The zero-order chi connectivity index (χ0) is 23.3. The van der Waals surface area contributed by atoms with Gasteiger partial charge in [-0.3, -0.25) is 13.9 Å². The highest BCUT2D eigenvalue weighted by molar-refractivity contribution is 7.92. The van der Waals surface area contributed by atoms with Crippen molar-refractivity contribution in [1.29, 1.82) is 0 Å². The summed E-state index contributed by atoms with van der Waals surface area (Å²) >= 11 is 6.06. The molecule has 0 saturated carbocycles. The fourth-order valence-electron chi connectivity index (χ4n) is 3.22. The number of sulfonamides is 1. The first-order valence-electron chi connectivity index (χ1n) is 9.75. The number of rotatable bonds is 8. The Morgan fingerprint density at radius 2 is 1.77 bits per heavy atom. The zero-order valence-electron chi connectivity index (χ0n) is 18.3. The normalized spacial score (nSPS) is 12.2. The first kappa shape index (κ1) is 24.7. The number of aryl methyl sites for hydroxylation is 1. The summed E-state index contributed by atoms with van der Waals surface area (Å²) in [6, 6.07) is 11.4. The molecule has 0 saturated heterocycles. The van der Waals surface area contributed by atoms with E-state index >= 15 is 0 Å². The number of anilines is 1. The number of carbonyl (C=O) groups excluding carboxylic acids is 2. The van der Waals surface area contributed by atoms with E-state index in [1.54, 1.807) is 43.3 Å². The van der Waals surface area contributed by atoms with Crippen molar-refractivity contribution in [2.75, 3.05) is 24.2 Å². The number of likely N-dealkylation sites (N-methyl/N-ethyl adjacent to an activating group) is 1. The number of hydrogen-bond acceptors (Lipinski definition) is 4. The van der Waals surface area contributed by atoms with E-state index in [0.717, 1.165) is 27.3 Å². The molecule has 9 heteroatoms. The van der Waals surface area contributed by atoms with Crippen LogP contribution in [0.15, 0.2) is 42.5 Å². The van der Waals surface area contributed by atoms with E-state index in [9.17, 15) is 18.0 Å². The van der Waals surface area contributed by atoms with Gasteiger partial charge in [0.05, 0.1) is 11.9 Å². The lowest BCUT2D eigenvalue weighted by Gasteiger charge is -2.31. The lowest BCUT2D eigenvalue weighted by Crippen LogP contribution is -2.50. The van der Waals surface area contributed by atoms with Crippen molar-refractivity contribution in [2.45, 2.75) is 33.4 Å². The number of halogens is 1. The first-order chi connectivity index (χ1) is 14.5. The second-order valence-electron chi connectivity index (χ2n) is 7.43. The van der Waals surface area contributed by atoms with Crippen molar-refractivity contribution < 1.29 is 18.0 Å². The SMILES string of the molecule is CNC(=O)[C@H](C)N(Cc1cccc(Cl)c1)C(=O)CN(c1cccc(C)c1C)S(C)(=O)=O. The minimum Gasteiger partial charge on any atom is -0.357 e. The molecule has 0 aliphatic heterocycles. The lowest BCUT2D eigenvalue weighted by atomic mass is 10.1. The molecular formula is C22H28ClN3O4S. The molecule has 1 N–H and O–H groups in total. The van der Waals surface area contributed by atoms with E-state index in [-0.39, 0.29) is 12.5 Å². The molecule has 0 spiro atoms. The van der Waals surface area contributed by atoms with Crippen LogP contribution >= 0.6 is 11.6 Å². The van der Waals surface area contributed by atoms with Gasteiger partial charge < -0.3 is 10.2 Å². The number of nitrogens with one attached hydrogen (secondary N) is 1. The summed E-state index contributed by atoms with van der Waals surface area (Å²) in [5.74, 6) is -0.851. The third kappa shape index (κ3) is 6.21. The monoisotopic (exact) mass is 465 g/mol. The maximum absolute atomic E-state index is 13.3. The van der Waals surface area contributed by atoms with Crippen molar-refractivity contribution in [3.05, 3.63) is 64.2 Å². The molecule has 2 amide bonds. The van der Waals surface area contributed by atoms with Gasteiger partial charge in [-0.25, -0.2) is 8.42 Å². The molecule has 2 aromatic rings. The highest BCUT2D eigenvalue weighted by Gasteiger charge is 2.30. The number of benzene rings is 2. The summed E-state index contributed by atoms with van der Waals surface area (Å²) in [6.45, 7) is 4.97. The first-order valence-corrected chi connectivity index (χ1v) is 12.0. The Kier molecular flexibility index (Phi) is 8.08. The zero-order valence-corrected chi connectivity index (χ0v) is 19.9. The Morgan fingerprint density at radius 1 is 1.13 bits per heavy atom. The number of nitrogens with zero attached hydrogens (tertiary/aromatic N) is 2. The third-order valence-corrected chi connectivity index (χ3v) is 6.54. The van der Waals surface area contributed by atoms with Gasteiger partial charge >= 0.3 is 0 Å². The number of hydrogen-bond donors (Lipinski definition) is 1. The van der Waals surface area contributed by atoms with E-state index in [4.69, 9.17) is 11.6 Å². The van der Waals surface area contributed by atoms with E-state index in [1.165, 1.54) is 11.9 Å². The van der Waals surface area contributed by atoms with Crippen LogP contribution in [0.3, 0.4) is 0 Å². The summed E-state index contributed by atoms with van der Waals surface area (Å²) in [5.41, 5.74) is 2.84. The topological polar surface area (TPSA) is 86.8 Å². The average molecular weight is 466 g/mol. The van der Waals surface area contributed by atoms with E-state index < -0.39 is 28.5 Å². The maximum atomic E-state index is 13.3. The van der Waals surface area contributed by atoms with Gasteiger partial charge in [-0.15, -0.1) is 0 Å². The van der Waals surface area contributed by atoms with Gasteiger partial charge in [-0.2, -0.15) is 0 Å². The molecule has 0 unspecified atom stereocenters. The van der Waals surface area contributed by atoms with Gasteiger partial charge in [0.15, 0.2) is 0 Å². The average Bonchev–Trinajstić information content (AvgIpc) is 2.70. The lowest BCUT2D eigenvalue weighted by molar-refractivity contribution is -0.139. The molecular weight excluding hydrogens is 438 g/mol. The van der Waals surface area contributed by atoms with Gasteiger partial charge in [-0.1, -0.05) is 35.9 Å². The molecule has 0 fully saturated rings. The molecule has 2 aromatic carbocycles. The molecule has 0 aliphatic carbocycles. The van der Waals surface area contributed by atoms with Gasteiger partial charge in [0.1, 0.15) is 12.6 Å². The predicted molar refractivity (Wildman–Crippen MR) is 124 cm³/mol. The van der Waals surface area contributed by atoms with Gasteiger partial charge in [0.2, 0.25) is 21.8 Å². The minimum absolute atomic E-state index is 0.110. The van der Waals surface area contributed by atoms with Crippen LogP contribution in [0.2, 0.25) is 5.02 Å². The van der Waals surface area contributed by atoms with E-state index in [0.29, 0.717) is 10.7 Å². The van der Waals surface area contributed by atoms with Crippen LogP contribution in [0.1, 0.15) is 23.6 Å². The summed E-state index contributed by atoms with van der Waals surface area (Å²) in [7, 11) is -2.27. The van der Waals surface area contributed by atoms with Crippen LogP contribution in [0.4, 0.5) is 5.69 Å². The molecule has 31 heavy (non-hydrogen) atoms. The quantitative estimate of drug-likeness (QED) is 0.649. The minimum atomic E-state index is -3.75. The Balaban J connectivity index is 2.43. The molecule has 0 aromatic heterocycles. The maximum Gasteiger partial charge on any atom is 0.244 e. The predicted octanol–water partition coefficient (Wildman–Crippen LogP) is 2.89. The Hall–Kier alpha value is -2.58. The Bertz CT molecular complexity index is 1070. The van der Waals surface area contributed by atoms with Gasteiger partial charge in [0.25, 0.3) is 0 Å². The van der Waals surface area contributed by atoms with Crippen LogP contribution in [-0.4, -0.2) is 51.0 Å². The number of carbonyl (C=O) groups is 2. The Morgan fingerprint density at radius 3 is 2.35 bits per heavy atom. The molecule has 168 valence electrons. The molecule has 0 heterocycles. The van der Waals surface area contributed by atoms with Crippen LogP contribution in [0.5, 0.6) is 0 Å². The molecule has 7 nitrogen and oxygen atoms in total. The van der Waals surface area contributed by atoms with Crippen molar-refractivity contribution in [1.82, 2.24) is 10.2 Å². The van der Waals surface area contributed by atoms with Crippen LogP contribution < -0.4 is 9.62 Å². The van der Waals surface area contributed by atoms with Crippen molar-refractivity contribution in [2.24, 2.45) is 0 Å². The molecule has 2 rings (SSSR count). The van der Waals surface area contributed by atoms with Gasteiger partial charge in [0, 0.05) is 18.6 Å². The van der Waals surface area contributed by atoms with Gasteiger partial charge in [-0.05, 0) is 55.7 Å². The second kappa shape index (κ2) is 10.2. The summed E-state index contributed by atoms with van der Waals surface area (Å²) in [5, 5.41) is 3.04. The highest BCUT2D eigenvalue weighted by atomic mass is 35.5. The fraction of sp³-hybridized carbons (Fsp3) is 0.364. The fourth-order valence-corrected chi connectivity index (χ4v) is 4.34. The molecule has 0 aliphatic rings. The van der Waals surface area contributed by atoms with Crippen molar-refractivity contribution in [3.63, 3.8) is 0 Å². The summed E-state index contributed by atoms with van der Waals surface area (Å²) < 4.78 is 26.2. The standard InChI is InChI=1S/C22H28ClN3O4S/c1-15-8-6-11-20(16(15)2)26(31(5,29)30)14-21(27)25(17(3)22(28)24-4)13-18-9-7-10-19(23)12-18/h6-12,17H,13-14H2,1-5H3,(H,24,28)/t17-/m0/s1. The number of amides is 2.